The number of nitro benzene ring substituents is 1. The molecule has 112 valence electrons. The molecule has 0 spiro atoms. The van der Waals surface area contributed by atoms with E-state index in [1.807, 2.05) is 13.8 Å². The first-order chi connectivity index (χ1) is 10.6. The second kappa shape index (κ2) is 5.76. The SMILES string of the molecule is Cc1noc(C)c1CSc1ccc([N+](=O)[O-])c2cccnc12. The average molecular weight is 315 g/mol. The maximum atomic E-state index is 11.1. The van der Waals surface area contributed by atoms with Crippen LogP contribution >= 0.6 is 11.8 Å². The lowest BCUT2D eigenvalue weighted by Crippen LogP contribution is -1.92. The lowest BCUT2D eigenvalue weighted by molar-refractivity contribution is -0.383. The molecule has 0 amide bonds. The Kier molecular flexibility index (Phi) is 3.81. The standard InChI is InChI=1S/C15H13N3O3S/c1-9-12(10(2)21-17-9)8-22-14-6-5-13(18(19)20)11-4-3-7-16-15(11)14/h3-7H,8H2,1-2H3. The van der Waals surface area contributed by atoms with E-state index in [1.54, 1.807) is 36.2 Å². The van der Waals surface area contributed by atoms with E-state index in [2.05, 4.69) is 10.1 Å². The topological polar surface area (TPSA) is 82.1 Å². The second-order valence-electron chi connectivity index (χ2n) is 4.83. The molecule has 0 radical (unpaired) electrons. The van der Waals surface area contributed by atoms with E-state index in [9.17, 15) is 10.1 Å². The maximum Gasteiger partial charge on any atom is 0.278 e. The zero-order valence-electron chi connectivity index (χ0n) is 12.1. The van der Waals surface area contributed by atoms with Gasteiger partial charge in [0.2, 0.25) is 0 Å². The predicted octanol–water partition coefficient (Wildman–Crippen LogP) is 4.04. The highest BCUT2D eigenvalue weighted by Gasteiger charge is 2.16. The van der Waals surface area contributed by atoms with Crippen molar-refractivity contribution >= 4 is 28.4 Å². The van der Waals surface area contributed by atoms with Crippen LogP contribution in [0.2, 0.25) is 0 Å². The summed E-state index contributed by atoms with van der Waals surface area (Å²) in [6, 6.07) is 6.70. The van der Waals surface area contributed by atoms with Gasteiger partial charge in [0.25, 0.3) is 5.69 Å². The molecule has 0 bridgehead atoms. The Morgan fingerprint density at radius 1 is 1.32 bits per heavy atom. The molecule has 2 heterocycles. The summed E-state index contributed by atoms with van der Waals surface area (Å²) in [6.45, 7) is 3.78. The molecule has 0 fully saturated rings. The van der Waals surface area contributed by atoms with Gasteiger partial charge in [-0.3, -0.25) is 15.1 Å². The molecule has 0 saturated carbocycles. The molecule has 0 aliphatic heterocycles. The van der Waals surface area contributed by atoms with Gasteiger partial charge in [-0.1, -0.05) is 5.16 Å². The number of non-ortho nitro benzene ring substituents is 1. The molecule has 0 unspecified atom stereocenters. The predicted molar refractivity (Wildman–Crippen MR) is 83.9 cm³/mol. The number of aromatic nitrogens is 2. The van der Waals surface area contributed by atoms with Crippen molar-refractivity contribution in [3.8, 4) is 0 Å². The molecule has 0 aliphatic rings. The van der Waals surface area contributed by atoms with Gasteiger partial charge in [-0.05, 0) is 32.0 Å². The highest BCUT2D eigenvalue weighted by molar-refractivity contribution is 7.98. The Hall–Kier alpha value is -2.41. The molecule has 3 aromatic rings. The van der Waals surface area contributed by atoms with Crippen molar-refractivity contribution in [1.29, 1.82) is 0 Å². The minimum atomic E-state index is -0.382. The van der Waals surface area contributed by atoms with Crippen LogP contribution < -0.4 is 0 Å². The fraction of sp³-hybridized carbons (Fsp3) is 0.200. The van der Waals surface area contributed by atoms with Gasteiger partial charge < -0.3 is 4.52 Å². The highest BCUT2D eigenvalue weighted by Crippen LogP contribution is 2.34. The van der Waals surface area contributed by atoms with E-state index in [-0.39, 0.29) is 10.6 Å². The van der Waals surface area contributed by atoms with Crippen LogP contribution in [-0.4, -0.2) is 15.1 Å². The van der Waals surface area contributed by atoms with E-state index >= 15 is 0 Å². The number of nitrogens with zero attached hydrogens (tertiary/aromatic N) is 3. The molecule has 6 nitrogen and oxygen atoms in total. The summed E-state index contributed by atoms with van der Waals surface area (Å²) in [7, 11) is 0. The van der Waals surface area contributed by atoms with E-state index < -0.39 is 0 Å². The van der Waals surface area contributed by atoms with Crippen LogP contribution in [0.25, 0.3) is 10.9 Å². The number of pyridine rings is 1. The van der Waals surface area contributed by atoms with Crippen LogP contribution in [0, 0.1) is 24.0 Å². The number of nitro groups is 1. The number of benzene rings is 1. The van der Waals surface area contributed by atoms with Crippen molar-refractivity contribution in [2.45, 2.75) is 24.5 Å². The van der Waals surface area contributed by atoms with Crippen molar-refractivity contribution in [1.82, 2.24) is 10.1 Å². The number of aryl methyl sites for hydroxylation is 2. The lowest BCUT2D eigenvalue weighted by Gasteiger charge is -2.06. The number of hydrogen-bond donors (Lipinski definition) is 0. The molecular weight excluding hydrogens is 302 g/mol. The van der Waals surface area contributed by atoms with Gasteiger partial charge in [0.05, 0.1) is 21.5 Å². The van der Waals surface area contributed by atoms with Gasteiger partial charge >= 0.3 is 0 Å². The third-order valence-corrected chi connectivity index (χ3v) is 4.53. The van der Waals surface area contributed by atoms with Crippen molar-refractivity contribution < 1.29 is 9.45 Å². The number of rotatable bonds is 4. The van der Waals surface area contributed by atoms with E-state index in [0.29, 0.717) is 16.7 Å². The fourth-order valence-corrected chi connectivity index (χ4v) is 3.44. The highest BCUT2D eigenvalue weighted by atomic mass is 32.2. The van der Waals surface area contributed by atoms with Gasteiger partial charge in [-0.2, -0.15) is 0 Å². The van der Waals surface area contributed by atoms with Crippen molar-refractivity contribution in [2.24, 2.45) is 0 Å². The first-order valence-electron chi connectivity index (χ1n) is 6.64. The molecule has 0 saturated heterocycles. The molecule has 0 aliphatic carbocycles. The minimum absolute atomic E-state index is 0.0739. The zero-order chi connectivity index (χ0) is 15.7. The van der Waals surface area contributed by atoms with Crippen molar-refractivity contribution in [2.75, 3.05) is 0 Å². The van der Waals surface area contributed by atoms with Crippen molar-refractivity contribution in [3.63, 3.8) is 0 Å². The third kappa shape index (κ3) is 2.55. The molecule has 0 atom stereocenters. The lowest BCUT2D eigenvalue weighted by atomic mass is 10.2. The van der Waals surface area contributed by atoms with Crippen LogP contribution in [0.5, 0.6) is 0 Å². The van der Waals surface area contributed by atoms with Crippen LogP contribution in [0.3, 0.4) is 0 Å². The molecule has 22 heavy (non-hydrogen) atoms. The van der Waals surface area contributed by atoms with Gasteiger partial charge in [0, 0.05) is 28.5 Å². The summed E-state index contributed by atoms with van der Waals surface area (Å²) in [5.74, 6) is 1.48. The van der Waals surface area contributed by atoms with Crippen LogP contribution in [0.15, 0.2) is 39.9 Å². The monoisotopic (exact) mass is 315 g/mol. The Morgan fingerprint density at radius 2 is 2.14 bits per heavy atom. The summed E-state index contributed by atoms with van der Waals surface area (Å²) >= 11 is 1.57. The Labute approximate surface area is 130 Å². The summed E-state index contributed by atoms with van der Waals surface area (Å²) in [5.41, 5.74) is 2.63. The summed E-state index contributed by atoms with van der Waals surface area (Å²) in [6.07, 6.45) is 1.64. The molecule has 0 N–H and O–H groups in total. The Morgan fingerprint density at radius 3 is 2.82 bits per heavy atom. The van der Waals surface area contributed by atoms with Crippen LogP contribution in [0.4, 0.5) is 5.69 Å². The molecule has 3 rings (SSSR count). The number of thioether (sulfide) groups is 1. The zero-order valence-corrected chi connectivity index (χ0v) is 12.9. The first kappa shape index (κ1) is 14.5. The van der Waals surface area contributed by atoms with Gasteiger partial charge in [0.1, 0.15) is 5.76 Å². The minimum Gasteiger partial charge on any atom is -0.361 e. The largest absolute Gasteiger partial charge is 0.361 e. The quantitative estimate of drug-likeness (QED) is 0.410. The molecular formula is C15H13N3O3S. The smallest absolute Gasteiger partial charge is 0.278 e. The summed E-state index contributed by atoms with van der Waals surface area (Å²) in [5, 5.41) is 15.6. The number of hydrogen-bond acceptors (Lipinski definition) is 6. The summed E-state index contributed by atoms with van der Waals surface area (Å²) < 4.78 is 5.15. The van der Waals surface area contributed by atoms with Crippen LogP contribution in [0.1, 0.15) is 17.0 Å². The van der Waals surface area contributed by atoms with E-state index in [0.717, 1.165) is 21.9 Å². The molecule has 1 aromatic carbocycles. The molecule has 7 heteroatoms. The third-order valence-electron chi connectivity index (χ3n) is 3.46. The molecule has 2 aromatic heterocycles. The van der Waals surface area contributed by atoms with E-state index in [1.165, 1.54) is 6.07 Å². The summed E-state index contributed by atoms with van der Waals surface area (Å²) in [4.78, 5) is 15.9. The van der Waals surface area contributed by atoms with E-state index in [4.69, 9.17) is 4.52 Å². The average Bonchev–Trinajstić information content (AvgIpc) is 2.83. The number of fused-ring (bicyclic) bond motifs is 1. The van der Waals surface area contributed by atoms with Crippen LogP contribution in [-0.2, 0) is 5.75 Å². The van der Waals surface area contributed by atoms with Gasteiger partial charge in [-0.15, -0.1) is 11.8 Å². The Balaban J connectivity index is 1.98. The fourth-order valence-electron chi connectivity index (χ4n) is 2.27. The maximum absolute atomic E-state index is 11.1. The van der Waals surface area contributed by atoms with Gasteiger partial charge in [0.15, 0.2) is 0 Å². The normalized spacial score (nSPS) is 11.0. The van der Waals surface area contributed by atoms with Crippen molar-refractivity contribution in [3.05, 3.63) is 57.6 Å². The van der Waals surface area contributed by atoms with Gasteiger partial charge in [-0.25, -0.2) is 0 Å². The first-order valence-corrected chi connectivity index (χ1v) is 7.63. The Bertz CT molecular complexity index is 841. The second-order valence-corrected chi connectivity index (χ2v) is 5.85.